The lowest BCUT2D eigenvalue weighted by atomic mass is 9.87. The van der Waals surface area contributed by atoms with Crippen LogP contribution in [0.25, 0.3) is 10.9 Å². The highest BCUT2D eigenvalue weighted by Gasteiger charge is 2.15. The van der Waals surface area contributed by atoms with Crippen LogP contribution < -0.4 is 10.5 Å². The first-order chi connectivity index (χ1) is 16.6. The number of hydrogen-bond acceptors (Lipinski definition) is 3. The standard InChI is InChI=1S/C30H34ClN3O/c1-30(2,3)25-10-6-21(7-11-25)18-34(19-22-8-13-27(14-9-22)33(4)5)20-24-16-23-17-26(31)12-15-28(23)32-29(24)35/h6-17H,18-20H2,1-5H3,(H,32,35). The molecule has 0 atom stereocenters. The van der Waals surface area contributed by atoms with Crippen molar-refractivity contribution >= 4 is 28.2 Å². The second kappa shape index (κ2) is 10.3. The van der Waals surface area contributed by atoms with E-state index in [0.29, 0.717) is 11.6 Å². The van der Waals surface area contributed by atoms with E-state index in [9.17, 15) is 4.79 Å². The summed E-state index contributed by atoms with van der Waals surface area (Å²) in [6, 6.07) is 24.9. The average molecular weight is 488 g/mol. The van der Waals surface area contributed by atoms with Crippen molar-refractivity contribution in [3.05, 3.63) is 110 Å². The molecule has 0 saturated heterocycles. The molecule has 0 saturated carbocycles. The van der Waals surface area contributed by atoms with E-state index in [0.717, 1.165) is 29.6 Å². The molecule has 0 unspecified atom stereocenters. The Kier molecular flexibility index (Phi) is 7.34. The van der Waals surface area contributed by atoms with E-state index in [1.165, 1.54) is 22.4 Å². The number of nitrogens with one attached hydrogen (secondary N) is 1. The second-order valence-corrected chi connectivity index (χ2v) is 10.9. The number of nitrogens with zero attached hydrogens (tertiary/aromatic N) is 2. The van der Waals surface area contributed by atoms with Gasteiger partial charge < -0.3 is 9.88 Å². The van der Waals surface area contributed by atoms with Gasteiger partial charge in [0, 0.05) is 60.9 Å². The van der Waals surface area contributed by atoms with Crippen LogP contribution >= 0.6 is 11.6 Å². The Bertz CT molecular complexity index is 1350. The van der Waals surface area contributed by atoms with Gasteiger partial charge in [0.2, 0.25) is 0 Å². The summed E-state index contributed by atoms with van der Waals surface area (Å²) >= 11 is 6.20. The van der Waals surface area contributed by atoms with Crippen molar-refractivity contribution in [1.82, 2.24) is 9.88 Å². The third-order valence-corrected chi connectivity index (χ3v) is 6.60. The third-order valence-electron chi connectivity index (χ3n) is 6.36. The third kappa shape index (κ3) is 6.33. The monoisotopic (exact) mass is 487 g/mol. The number of H-pyrrole nitrogens is 1. The minimum atomic E-state index is -0.0594. The lowest BCUT2D eigenvalue weighted by Crippen LogP contribution is -2.26. The molecule has 5 heteroatoms. The zero-order chi connectivity index (χ0) is 25.2. The summed E-state index contributed by atoms with van der Waals surface area (Å²) in [7, 11) is 4.08. The minimum Gasteiger partial charge on any atom is -0.378 e. The first kappa shape index (κ1) is 25.0. The van der Waals surface area contributed by atoms with Crippen LogP contribution in [0.5, 0.6) is 0 Å². The van der Waals surface area contributed by atoms with Gasteiger partial charge in [0.05, 0.1) is 0 Å². The van der Waals surface area contributed by atoms with Gasteiger partial charge in [-0.3, -0.25) is 9.69 Å². The highest BCUT2D eigenvalue weighted by atomic mass is 35.5. The van der Waals surface area contributed by atoms with Crippen LogP contribution in [0, 0.1) is 0 Å². The molecule has 35 heavy (non-hydrogen) atoms. The lowest BCUT2D eigenvalue weighted by Gasteiger charge is -2.24. The molecule has 1 aromatic heterocycles. The van der Waals surface area contributed by atoms with E-state index in [2.05, 4.69) is 84.1 Å². The number of rotatable bonds is 7. The predicted octanol–water partition coefficient (Wildman–Crippen LogP) is 6.75. The quantitative estimate of drug-likeness (QED) is 0.313. The summed E-state index contributed by atoms with van der Waals surface area (Å²) in [5.74, 6) is 0. The molecule has 0 bridgehead atoms. The molecule has 0 aliphatic rings. The Morgan fingerprint density at radius 3 is 1.97 bits per heavy atom. The lowest BCUT2D eigenvalue weighted by molar-refractivity contribution is 0.247. The van der Waals surface area contributed by atoms with Crippen LogP contribution in [0.1, 0.15) is 43.0 Å². The number of hydrogen-bond donors (Lipinski definition) is 1. The first-order valence-electron chi connectivity index (χ1n) is 12.0. The van der Waals surface area contributed by atoms with Crippen molar-refractivity contribution < 1.29 is 0 Å². The minimum absolute atomic E-state index is 0.0594. The van der Waals surface area contributed by atoms with E-state index < -0.39 is 0 Å². The fourth-order valence-corrected chi connectivity index (χ4v) is 4.46. The molecule has 4 aromatic rings. The number of anilines is 1. The molecule has 1 heterocycles. The number of pyridine rings is 1. The summed E-state index contributed by atoms with van der Waals surface area (Å²) in [5, 5.41) is 1.60. The van der Waals surface area contributed by atoms with Crippen molar-refractivity contribution in [2.75, 3.05) is 19.0 Å². The molecule has 3 aromatic carbocycles. The maximum absolute atomic E-state index is 12.9. The molecule has 0 spiro atoms. The van der Waals surface area contributed by atoms with Crippen molar-refractivity contribution in [3.8, 4) is 0 Å². The number of halogens is 1. The van der Waals surface area contributed by atoms with Crippen LogP contribution in [0.15, 0.2) is 77.6 Å². The van der Waals surface area contributed by atoms with Crippen LogP contribution in [-0.2, 0) is 25.0 Å². The van der Waals surface area contributed by atoms with Crippen molar-refractivity contribution in [2.45, 2.75) is 45.8 Å². The van der Waals surface area contributed by atoms with Gasteiger partial charge in [-0.2, -0.15) is 0 Å². The number of fused-ring (bicyclic) bond motifs is 1. The van der Waals surface area contributed by atoms with E-state index in [4.69, 9.17) is 11.6 Å². The molecule has 182 valence electrons. The maximum atomic E-state index is 12.9. The average Bonchev–Trinajstić information content (AvgIpc) is 2.80. The number of aromatic nitrogens is 1. The molecule has 0 aliphatic carbocycles. The Hall–Kier alpha value is -3.08. The smallest absolute Gasteiger partial charge is 0.252 e. The summed E-state index contributed by atoms with van der Waals surface area (Å²) in [4.78, 5) is 20.3. The SMILES string of the molecule is CN(C)c1ccc(CN(Cc2ccc(C(C)(C)C)cc2)Cc2cc3cc(Cl)ccc3[nH]c2=O)cc1. The van der Waals surface area contributed by atoms with Crippen LogP contribution in [-0.4, -0.2) is 24.0 Å². The van der Waals surface area contributed by atoms with E-state index in [1.54, 1.807) is 6.07 Å². The van der Waals surface area contributed by atoms with Crippen molar-refractivity contribution in [3.63, 3.8) is 0 Å². The Labute approximate surface area is 213 Å². The number of aromatic amines is 1. The summed E-state index contributed by atoms with van der Waals surface area (Å²) in [6.45, 7) is 8.70. The zero-order valence-electron chi connectivity index (χ0n) is 21.2. The van der Waals surface area contributed by atoms with Gasteiger partial charge in [-0.15, -0.1) is 0 Å². The summed E-state index contributed by atoms with van der Waals surface area (Å²) in [5.41, 5.74) is 6.51. The van der Waals surface area contributed by atoms with E-state index in [-0.39, 0.29) is 11.0 Å². The normalized spacial score (nSPS) is 11.9. The Morgan fingerprint density at radius 1 is 0.800 bits per heavy atom. The molecule has 1 N–H and O–H groups in total. The highest BCUT2D eigenvalue weighted by Crippen LogP contribution is 2.24. The molecule has 0 aliphatic heterocycles. The molecule has 4 nitrogen and oxygen atoms in total. The highest BCUT2D eigenvalue weighted by molar-refractivity contribution is 6.31. The van der Waals surface area contributed by atoms with E-state index in [1.807, 2.05) is 32.3 Å². The molecule has 0 radical (unpaired) electrons. The van der Waals surface area contributed by atoms with Gasteiger partial charge in [0.15, 0.2) is 0 Å². The van der Waals surface area contributed by atoms with Crippen LogP contribution in [0.2, 0.25) is 5.02 Å². The van der Waals surface area contributed by atoms with Gasteiger partial charge in [0.1, 0.15) is 0 Å². The van der Waals surface area contributed by atoms with Gasteiger partial charge in [-0.1, -0.05) is 68.8 Å². The van der Waals surface area contributed by atoms with Crippen LogP contribution in [0.3, 0.4) is 0 Å². The molecule has 0 amide bonds. The van der Waals surface area contributed by atoms with Crippen molar-refractivity contribution in [2.24, 2.45) is 0 Å². The van der Waals surface area contributed by atoms with Gasteiger partial charge >= 0.3 is 0 Å². The summed E-state index contributed by atoms with van der Waals surface area (Å²) < 4.78 is 0. The largest absolute Gasteiger partial charge is 0.378 e. The molecular weight excluding hydrogens is 454 g/mol. The maximum Gasteiger partial charge on any atom is 0.252 e. The molecule has 0 fully saturated rings. The zero-order valence-corrected chi connectivity index (χ0v) is 22.0. The van der Waals surface area contributed by atoms with Crippen molar-refractivity contribution in [1.29, 1.82) is 0 Å². The Balaban J connectivity index is 1.63. The van der Waals surface area contributed by atoms with Crippen LogP contribution in [0.4, 0.5) is 5.69 Å². The first-order valence-corrected chi connectivity index (χ1v) is 12.4. The molecule has 4 rings (SSSR count). The number of benzene rings is 3. The van der Waals surface area contributed by atoms with Gasteiger partial charge in [-0.25, -0.2) is 0 Å². The second-order valence-electron chi connectivity index (χ2n) is 10.5. The topological polar surface area (TPSA) is 39.3 Å². The van der Waals surface area contributed by atoms with Gasteiger partial charge in [-0.05, 0) is 58.5 Å². The summed E-state index contributed by atoms with van der Waals surface area (Å²) in [6.07, 6.45) is 0. The predicted molar refractivity (Wildman–Crippen MR) is 148 cm³/mol. The Morgan fingerprint density at radius 2 is 1.40 bits per heavy atom. The van der Waals surface area contributed by atoms with E-state index >= 15 is 0 Å². The fourth-order valence-electron chi connectivity index (χ4n) is 4.27. The van der Waals surface area contributed by atoms with Gasteiger partial charge in [0.25, 0.3) is 5.56 Å². The fraction of sp³-hybridized carbons (Fsp3) is 0.300. The molecular formula is C30H34ClN3O.